The van der Waals surface area contributed by atoms with Crippen LogP contribution in [0.1, 0.15) is 31.0 Å². The summed E-state index contributed by atoms with van der Waals surface area (Å²) in [6.07, 6.45) is 5.26. The number of aryl methyl sites for hydroxylation is 1. The molecule has 3 rings (SSSR count). The fraction of sp³-hybridized carbons (Fsp3) is 0.556. The minimum Gasteiger partial charge on any atom is -0.370 e. The zero-order valence-corrected chi connectivity index (χ0v) is 15.8. The Morgan fingerprint density at radius 3 is 2.96 bits per heavy atom. The number of amides is 1. The molecule has 3 heterocycles. The lowest BCUT2D eigenvalue weighted by Crippen LogP contribution is -2.50. The summed E-state index contributed by atoms with van der Waals surface area (Å²) in [6, 6.07) is 1.90. The molecule has 6 nitrogen and oxygen atoms in total. The third kappa shape index (κ3) is 3.52. The summed E-state index contributed by atoms with van der Waals surface area (Å²) in [5.41, 5.74) is 5.25. The van der Waals surface area contributed by atoms with E-state index < -0.39 is 5.60 Å². The third-order valence-electron chi connectivity index (χ3n) is 5.01. The lowest BCUT2D eigenvalue weighted by atomic mass is 9.86. The van der Waals surface area contributed by atoms with Gasteiger partial charge in [-0.2, -0.15) is 0 Å². The zero-order valence-electron chi connectivity index (χ0n) is 15.0. The van der Waals surface area contributed by atoms with Gasteiger partial charge in [0.25, 0.3) is 5.91 Å². The molecule has 0 radical (unpaired) electrons. The van der Waals surface area contributed by atoms with Gasteiger partial charge in [-0.25, -0.2) is 5.43 Å². The number of hydrogen-bond acceptors (Lipinski definition) is 5. The molecule has 1 aromatic rings. The van der Waals surface area contributed by atoms with Gasteiger partial charge in [0.2, 0.25) is 0 Å². The number of carbonyl (C=O) groups excluding carboxylic acids is 1. The lowest BCUT2D eigenvalue weighted by molar-refractivity contribution is -0.137. The molecule has 1 fully saturated rings. The van der Waals surface area contributed by atoms with Crippen molar-refractivity contribution in [1.82, 2.24) is 20.3 Å². The first-order valence-corrected chi connectivity index (χ1v) is 9.05. The number of aromatic nitrogens is 1. The van der Waals surface area contributed by atoms with Gasteiger partial charge < -0.3 is 14.6 Å². The second kappa shape index (κ2) is 7.32. The van der Waals surface area contributed by atoms with E-state index in [9.17, 15) is 4.79 Å². The third-order valence-corrected chi connectivity index (χ3v) is 5.22. The molecule has 0 aliphatic carbocycles. The van der Waals surface area contributed by atoms with E-state index in [0.29, 0.717) is 18.1 Å². The van der Waals surface area contributed by atoms with E-state index in [1.54, 1.807) is 13.3 Å². The van der Waals surface area contributed by atoms with Crippen molar-refractivity contribution in [3.8, 4) is 0 Å². The molecule has 136 valence electrons. The summed E-state index contributed by atoms with van der Waals surface area (Å²) in [5, 5.41) is 2.55. The number of piperidine rings is 1. The normalized spacial score (nSPS) is 23.8. The highest BCUT2D eigenvalue weighted by atomic mass is 35.5. The largest absolute Gasteiger partial charge is 0.370 e. The monoisotopic (exact) mass is 364 g/mol. The molecule has 0 bridgehead atoms. The number of halogens is 1. The Kier molecular flexibility index (Phi) is 5.32. The maximum atomic E-state index is 12.9. The van der Waals surface area contributed by atoms with Gasteiger partial charge in [0.15, 0.2) is 0 Å². The van der Waals surface area contributed by atoms with Gasteiger partial charge in [-0.3, -0.25) is 9.78 Å². The molecule has 1 N–H and O–H groups in total. The Hall–Kier alpha value is -1.63. The van der Waals surface area contributed by atoms with Crippen molar-refractivity contribution in [2.75, 3.05) is 33.3 Å². The van der Waals surface area contributed by atoms with Crippen LogP contribution >= 0.6 is 11.6 Å². The molecular weight excluding hydrogens is 340 g/mol. The van der Waals surface area contributed by atoms with E-state index in [-0.39, 0.29) is 5.91 Å². The maximum Gasteiger partial charge on any atom is 0.252 e. The summed E-state index contributed by atoms with van der Waals surface area (Å²) >= 11 is 6.05. The Morgan fingerprint density at radius 1 is 1.52 bits per heavy atom. The van der Waals surface area contributed by atoms with Crippen LogP contribution in [0.2, 0.25) is 5.02 Å². The molecule has 7 heteroatoms. The van der Waals surface area contributed by atoms with E-state index in [1.807, 2.05) is 36.0 Å². The number of nitrogens with zero attached hydrogens (tertiary/aromatic N) is 3. The average Bonchev–Trinajstić information content (AvgIpc) is 3.10. The summed E-state index contributed by atoms with van der Waals surface area (Å²) in [4.78, 5) is 19.3. The molecule has 0 aromatic carbocycles. The Morgan fingerprint density at radius 2 is 2.32 bits per heavy atom. The fourth-order valence-electron chi connectivity index (χ4n) is 3.67. The molecule has 2 aliphatic heterocycles. The number of rotatable bonds is 4. The first-order valence-electron chi connectivity index (χ1n) is 8.67. The standard InChI is InChI=1S/C18H25ClN4O2/c1-4-23-11-14(9-21-23)17(24)22-7-5-6-18(12-22,25-3)16-13(2)8-15(19)10-20-16/h8,10-11,21H,4-7,9,12H2,1-3H3. The van der Waals surface area contributed by atoms with Crippen molar-refractivity contribution < 1.29 is 9.53 Å². The smallest absolute Gasteiger partial charge is 0.252 e. The fourth-order valence-corrected chi connectivity index (χ4v) is 3.88. The highest BCUT2D eigenvalue weighted by Gasteiger charge is 2.41. The molecule has 1 unspecified atom stereocenters. The number of hydrazine groups is 1. The SMILES string of the molecule is CCN1C=C(C(=O)N2CCCC(OC)(c3ncc(Cl)cc3C)C2)CN1. The van der Waals surface area contributed by atoms with Crippen LogP contribution in [0, 0.1) is 6.92 Å². The molecular formula is C18H25ClN4O2. The topological polar surface area (TPSA) is 57.7 Å². The second-order valence-corrected chi connectivity index (χ2v) is 7.06. The average molecular weight is 365 g/mol. The molecule has 2 aliphatic rings. The quantitative estimate of drug-likeness (QED) is 0.887. The predicted octanol–water partition coefficient (Wildman–Crippen LogP) is 2.23. The highest BCUT2D eigenvalue weighted by molar-refractivity contribution is 6.30. The molecule has 0 spiro atoms. The van der Waals surface area contributed by atoms with Gasteiger partial charge in [-0.05, 0) is 38.3 Å². The Bertz CT molecular complexity index is 694. The van der Waals surface area contributed by atoms with Crippen LogP contribution in [0.15, 0.2) is 24.0 Å². The van der Waals surface area contributed by atoms with Gasteiger partial charge in [0.05, 0.1) is 22.8 Å². The summed E-state index contributed by atoms with van der Waals surface area (Å²) in [5.74, 6) is 0.0659. The number of carbonyl (C=O) groups is 1. The first-order chi connectivity index (χ1) is 12.0. The van der Waals surface area contributed by atoms with Crippen LogP contribution in [0.5, 0.6) is 0 Å². The highest BCUT2D eigenvalue weighted by Crippen LogP contribution is 2.36. The number of methoxy groups -OCH3 is 1. The van der Waals surface area contributed by atoms with E-state index in [0.717, 1.165) is 42.8 Å². The first kappa shape index (κ1) is 18.2. The molecule has 1 amide bonds. The maximum absolute atomic E-state index is 12.9. The van der Waals surface area contributed by atoms with E-state index in [4.69, 9.17) is 16.3 Å². The lowest BCUT2D eigenvalue weighted by Gasteiger charge is -2.42. The van der Waals surface area contributed by atoms with Crippen molar-refractivity contribution in [3.05, 3.63) is 40.3 Å². The molecule has 0 saturated carbocycles. The van der Waals surface area contributed by atoms with Crippen molar-refractivity contribution in [3.63, 3.8) is 0 Å². The Balaban J connectivity index is 1.84. The van der Waals surface area contributed by atoms with Crippen LogP contribution in [0.25, 0.3) is 0 Å². The van der Waals surface area contributed by atoms with Crippen molar-refractivity contribution >= 4 is 17.5 Å². The summed E-state index contributed by atoms with van der Waals surface area (Å²) < 4.78 is 5.93. The zero-order chi connectivity index (χ0) is 18.0. The van der Waals surface area contributed by atoms with Crippen LogP contribution in [-0.2, 0) is 15.1 Å². The van der Waals surface area contributed by atoms with Crippen LogP contribution in [0.3, 0.4) is 0 Å². The molecule has 1 atom stereocenters. The van der Waals surface area contributed by atoms with Crippen LogP contribution in [0.4, 0.5) is 0 Å². The summed E-state index contributed by atoms with van der Waals surface area (Å²) in [7, 11) is 1.69. The molecule has 1 saturated heterocycles. The van der Waals surface area contributed by atoms with Crippen molar-refractivity contribution in [1.29, 1.82) is 0 Å². The Labute approximate surface area is 153 Å². The van der Waals surface area contributed by atoms with Crippen LogP contribution < -0.4 is 5.43 Å². The number of ether oxygens (including phenoxy) is 1. The van der Waals surface area contributed by atoms with Crippen molar-refractivity contribution in [2.24, 2.45) is 0 Å². The van der Waals surface area contributed by atoms with E-state index in [2.05, 4.69) is 10.4 Å². The predicted molar refractivity (Wildman–Crippen MR) is 97.0 cm³/mol. The minimum atomic E-state index is -0.584. The van der Waals surface area contributed by atoms with E-state index >= 15 is 0 Å². The van der Waals surface area contributed by atoms with Gasteiger partial charge >= 0.3 is 0 Å². The molecule has 25 heavy (non-hydrogen) atoms. The van der Waals surface area contributed by atoms with Gasteiger partial charge in [0.1, 0.15) is 5.60 Å². The summed E-state index contributed by atoms with van der Waals surface area (Å²) in [6.45, 7) is 6.66. The molecule has 1 aromatic heterocycles. The van der Waals surface area contributed by atoms with Crippen LogP contribution in [-0.4, -0.2) is 54.1 Å². The number of nitrogens with one attached hydrogen (secondary N) is 1. The number of likely N-dealkylation sites (tertiary alicyclic amines) is 1. The minimum absolute atomic E-state index is 0.0659. The van der Waals surface area contributed by atoms with E-state index in [1.165, 1.54) is 0 Å². The number of hydrogen-bond donors (Lipinski definition) is 1. The van der Waals surface area contributed by atoms with Crippen molar-refractivity contribution in [2.45, 2.75) is 32.3 Å². The number of pyridine rings is 1. The van der Waals surface area contributed by atoms with Gasteiger partial charge in [-0.1, -0.05) is 11.6 Å². The van der Waals surface area contributed by atoms with Gasteiger partial charge in [-0.15, -0.1) is 0 Å². The second-order valence-electron chi connectivity index (χ2n) is 6.62. The van der Waals surface area contributed by atoms with Gasteiger partial charge in [0, 0.05) is 39.1 Å².